The van der Waals surface area contributed by atoms with E-state index in [1.807, 2.05) is 12.1 Å². The van der Waals surface area contributed by atoms with E-state index >= 15 is 0 Å². The Hall–Kier alpha value is -2.08. The van der Waals surface area contributed by atoms with Gasteiger partial charge in [0.25, 0.3) is 0 Å². The van der Waals surface area contributed by atoms with Crippen LogP contribution in [0, 0.1) is 0 Å². The molecule has 0 aliphatic heterocycles. The van der Waals surface area contributed by atoms with E-state index in [0.29, 0.717) is 17.2 Å². The van der Waals surface area contributed by atoms with Crippen molar-refractivity contribution in [3.05, 3.63) is 29.6 Å². The quantitative estimate of drug-likeness (QED) is 0.846. The summed E-state index contributed by atoms with van der Waals surface area (Å²) in [6, 6.07) is 5.53. The van der Waals surface area contributed by atoms with Gasteiger partial charge in [-0.1, -0.05) is 18.6 Å². The largest absolute Gasteiger partial charge is 0.497 e. The van der Waals surface area contributed by atoms with Crippen molar-refractivity contribution in [2.75, 3.05) is 14.2 Å². The van der Waals surface area contributed by atoms with Crippen molar-refractivity contribution < 1.29 is 14.6 Å². The summed E-state index contributed by atoms with van der Waals surface area (Å²) in [5.74, 6) is 1.37. The maximum absolute atomic E-state index is 9.42. The number of unbranched alkanes of at least 4 members (excludes halogenated alkanes) is 1. The Balaban J connectivity index is 2.48. The lowest BCUT2D eigenvalue weighted by Gasteiger charge is -2.12. The van der Waals surface area contributed by atoms with Crippen LogP contribution in [-0.4, -0.2) is 34.3 Å². The molecule has 6 heteroatoms. The average molecular weight is 291 g/mol. The number of ether oxygens (including phenoxy) is 2. The van der Waals surface area contributed by atoms with Gasteiger partial charge < -0.3 is 14.6 Å². The van der Waals surface area contributed by atoms with E-state index in [0.717, 1.165) is 30.6 Å². The molecule has 6 nitrogen and oxygen atoms in total. The average Bonchev–Trinajstić information content (AvgIpc) is 2.94. The zero-order valence-electron chi connectivity index (χ0n) is 12.7. The predicted molar refractivity (Wildman–Crippen MR) is 79.0 cm³/mol. The van der Waals surface area contributed by atoms with Gasteiger partial charge in [0, 0.05) is 6.07 Å². The van der Waals surface area contributed by atoms with Crippen LogP contribution in [0.15, 0.2) is 18.2 Å². The molecule has 2 aromatic rings. The molecule has 2 rings (SSSR count). The standard InChI is InChI=1S/C15H21N3O3/c1-4-5-6-13-12(10-19)16-17-18(13)14-8-7-11(20-2)9-15(14)21-3/h7-9,19H,4-6,10H2,1-3H3. The molecule has 0 radical (unpaired) electrons. The summed E-state index contributed by atoms with van der Waals surface area (Å²) in [4.78, 5) is 0. The summed E-state index contributed by atoms with van der Waals surface area (Å²) in [5.41, 5.74) is 2.32. The first-order valence-electron chi connectivity index (χ1n) is 7.01. The lowest BCUT2D eigenvalue weighted by atomic mass is 10.1. The van der Waals surface area contributed by atoms with Crippen LogP contribution >= 0.6 is 0 Å². The molecule has 0 atom stereocenters. The Kier molecular flexibility index (Phi) is 5.16. The molecule has 0 fully saturated rings. The number of aliphatic hydroxyl groups excluding tert-OH is 1. The summed E-state index contributed by atoms with van der Waals surface area (Å²) in [6.45, 7) is 2.01. The highest BCUT2D eigenvalue weighted by Gasteiger charge is 2.16. The predicted octanol–water partition coefficient (Wildman–Crippen LogP) is 2.12. The Morgan fingerprint density at radius 1 is 1.24 bits per heavy atom. The summed E-state index contributed by atoms with van der Waals surface area (Å²) in [7, 11) is 3.22. The SMILES string of the molecule is CCCCc1c(CO)nnn1-c1ccc(OC)cc1OC. The molecule has 0 bridgehead atoms. The van der Waals surface area contributed by atoms with Gasteiger partial charge in [-0.25, -0.2) is 4.68 Å². The highest BCUT2D eigenvalue weighted by Crippen LogP contribution is 2.29. The molecule has 0 saturated carbocycles. The van der Waals surface area contributed by atoms with E-state index in [4.69, 9.17) is 9.47 Å². The van der Waals surface area contributed by atoms with Crippen molar-refractivity contribution in [2.45, 2.75) is 32.8 Å². The van der Waals surface area contributed by atoms with Gasteiger partial charge >= 0.3 is 0 Å². The maximum atomic E-state index is 9.42. The first-order valence-corrected chi connectivity index (χ1v) is 7.01. The molecular formula is C15H21N3O3. The number of aromatic nitrogens is 3. The van der Waals surface area contributed by atoms with Gasteiger partial charge in [-0.2, -0.15) is 0 Å². The van der Waals surface area contributed by atoms with Gasteiger partial charge in [0.05, 0.1) is 26.5 Å². The van der Waals surface area contributed by atoms with Crippen molar-refractivity contribution in [1.82, 2.24) is 15.0 Å². The van der Waals surface area contributed by atoms with Gasteiger partial charge in [-0.3, -0.25) is 0 Å². The number of hydrogen-bond donors (Lipinski definition) is 1. The van der Waals surface area contributed by atoms with Crippen molar-refractivity contribution in [3.63, 3.8) is 0 Å². The highest BCUT2D eigenvalue weighted by molar-refractivity contribution is 5.51. The molecule has 0 aliphatic carbocycles. The number of nitrogens with zero attached hydrogens (tertiary/aromatic N) is 3. The van der Waals surface area contributed by atoms with E-state index in [-0.39, 0.29) is 6.61 Å². The van der Waals surface area contributed by atoms with Crippen LogP contribution in [0.3, 0.4) is 0 Å². The Morgan fingerprint density at radius 3 is 2.67 bits per heavy atom. The van der Waals surface area contributed by atoms with E-state index in [1.165, 1.54) is 0 Å². The number of methoxy groups -OCH3 is 2. The second-order valence-corrected chi connectivity index (χ2v) is 4.69. The third-order valence-electron chi connectivity index (χ3n) is 3.38. The van der Waals surface area contributed by atoms with Crippen LogP contribution in [0.2, 0.25) is 0 Å². The summed E-state index contributed by atoms with van der Waals surface area (Å²) < 4.78 is 12.4. The van der Waals surface area contributed by atoms with Gasteiger partial charge in [-0.05, 0) is 25.0 Å². The second kappa shape index (κ2) is 7.08. The molecule has 1 aromatic heterocycles. The van der Waals surface area contributed by atoms with E-state index < -0.39 is 0 Å². The zero-order chi connectivity index (χ0) is 15.2. The minimum Gasteiger partial charge on any atom is -0.497 e. The van der Waals surface area contributed by atoms with Gasteiger partial charge in [0.1, 0.15) is 22.9 Å². The number of aliphatic hydroxyl groups is 1. The number of rotatable bonds is 7. The van der Waals surface area contributed by atoms with E-state index in [9.17, 15) is 5.11 Å². The molecule has 1 heterocycles. The maximum Gasteiger partial charge on any atom is 0.148 e. The molecule has 114 valence electrons. The number of hydrogen-bond acceptors (Lipinski definition) is 5. The van der Waals surface area contributed by atoms with Crippen molar-refractivity contribution in [2.24, 2.45) is 0 Å². The van der Waals surface area contributed by atoms with Crippen LogP contribution in [-0.2, 0) is 13.0 Å². The molecule has 1 aromatic carbocycles. The van der Waals surface area contributed by atoms with Crippen LogP contribution in [0.4, 0.5) is 0 Å². The normalized spacial score (nSPS) is 10.7. The minimum atomic E-state index is -0.114. The van der Waals surface area contributed by atoms with Gasteiger partial charge in [-0.15, -0.1) is 5.10 Å². The summed E-state index contributed by atoms with van der Waals surface area (Å²) >= 11 is 0. The molecule has 0 saturated heterocycles. The van der Waals surface area contributed by atoms with Crippen LogP contribution in [0.25, 0.3) is 5.69 Å². The lowest BCUT2D eigenvalue weighted by Crippen LogP contribution is -2.06. The van der Waals surface area contributed by atoms with Crippen LogP contribution in [0.5, 0.6) is 11.5 Å². The molecule has 0 spiro atoms. The second-order valence-electron chi connectivity index (χ2n) is 4.69. The van der Waals surface area contributed by atoms with Crippen LogP contribution in [0.1, 0.15) is 31.2 Å². The fourth-order valence-corrected chi connectivity index (χ4v) is 2.20. The molecule has 0 aliphatic rings. The fourth-order valence-electron chi connectivity index (χ4n) is 2.20. The van der Waals surface area contributed by atoms with E-state index in [2.05, 4.69) is 17.2 Å². The number of benzene rings is 1. The smallest absolute Gasteiger partial charge is 0.148 e. The molecule has 21 heavy (non-hydrogen) atoms. The topological polar surface area (TPSA) is 69.4 Å². The third-order valence-corrected chi connectivity index (χ3v) is 3.38. The fraction of sp³-hybridized carbons (Fsp3) is 0.467. The molecule has 0 unspecified atom stereocenters. The molecular weight excluding hydrogens is 270 g/mol. The summed E-state index contributed by atoms with van der Waals surface area (Å²) in [6.07, 6.45) is 2.89. The summed E-state index contributed by atoms with van der Waals surface area (Å²) in [5, 5.41) is 17.6. The van der Waals surface area contributed by atoms with Gasteiger partial charge in [0.15, 0.2) is 0 Å². The van der Waals surface area contributed by atoms with Crippen LogP contribution < -0.4 is 9.47 Å². The van der Waals surface area contributed by atoms with Crippen molar-refractivity contribution >= 4 is 0 Å². The Morgan fingerprint density at radius 2 is 2.05 bits per heavy atom. The Labute approximate surface area is 124 Å². The first-order chi connectivity index (χ1) is 10.2. The van der Waals surface area contributed by atoms with Crippen molar-refractivity contribution in [1.29, 1.82) is 0 Å². The Bertz CT molecular complexity index is 596. The monoisotopic (exact) mass is 291 g/mol. The lowest BCUT2D eigenvalue weighted by molar-refractivity contribution is 0.275. The highest BCUT2D eigenvalue weighted by atomic mass is 16.5. The third kappa shape index (κ3) is 3.16. The molecule has 0 amide bonds. The van der Waals surface area contributed by atoms with Gasteiger partial charge in [0.2, 0.25) is 0 Å². The molecule has 1 N–H and O–H groups in total. The first kappa shape index (κ1) is 15.3. The minimum absolute atomic E-state index is 0.114. The zero-order valence-corrected chi connectivity index (χ0v) is 12.7. The van der Waals surface area contributed by atoms with Crippen molar-refractivity contribution in [3.8, 4) is 17.2 Å². The van der Waals surface area contributed by atoms with E-state index in [1.54, 1.807) is 25.0 Å².